The van der Waals surface area contributed by atoms with Gasteiger partial charge in [-0.1, -0.05) is 6.42 Å². The molecule has 0 aromatic carbocycles. The summed E-state index contributed by atoms with van der Waals surface area (Å²) in [5.41, 5.74) is -0.737. The van der Waals surface area contributed by atoms with Crippen molar-refractivity contribution < 1.29 is 14.7 Å². The van der Waals surface area contributed by atoms with Gasteiger partial charge in [-0.2, -0.15) is 0 Å². The zero-order valence-electron chi connectivity index (χ0n) is 17.1. The lowest BCUT2D eigenvalue weighted by Crippen LogP contribution is -2.67. The Bertz CT molecular complexity index is 483. The number of hydrogen-bond acceptors (Lipinski definition) is 6. The molecular weight excluding hydrogens is 439 g/mol. The van der Waals surface area contributed by atoms with Crippen molar-refractivity contribution in [2.75, 3.05) is 52.4 Å². The third-order valence-electron chi connectivity index (χ3n) is 6.49. The van der Waals surface area contributed by atoms with Gasteiger partial charge in [0.1, 0.15) is 5.66 Å². The topological polar surface area (TPSA) is 76.1 Å². The van der Waals surface area contributed by atoms with Crippen LogP contribution in [-0.2, 0) is 9.59 Å². The average molecular weight is 476 g/mol. The summed E-state index contributed by atoms with van der Waals surface area (Å²) in [4.78, 5) is 30.6. The second-order valence-corrected chi connectivity index (χ2v) is 7.94. The van der Waals surface area contributed by atoms with E-state index in [1.54, 1.807) is 0 Å². The molecule has 0 amide bonds. The number of piperazine rings is 1. The summed E-state index contributed by atoms with van der Waals surface area (Å²) in [6.45, 7) is 7.62. The van der Waals surface area contributed by atoms with Gasteiger partial charge in [-0.15, -0.1) is 37.2 Å². The van der Waals surface area contributed by atoms with Gasteiger partial charge in [0.2, 0.25) is 0 Å². The zero-order valence-corrected chi connectivity index (χ0v) is 19.5. The number of rotatable bonds is 7. The molecule has 1 unspecified atom stereocenters. The van der Waals surface area contributed by atoms with E-state index in [1.807, 2.05) is 0 Å². The molecule has 3 aliphatic heterocycles. The number of carbonyl (C=O) groups is 2. The molecule has 0 aliphatic carbocycles. The Morgan fingerprint density at radius 2 is 1.48 bits per heavy atom. The number of aldehydes is 1. The highest BCUT2D eigenvalue weighted by molar-refractivity contribution is 5.86. The summed E-state index contributed by atoms with van der Waals surface area (Å²) < 4.78 is 0. The van der Waals surface area contributed by atoms with Crippen LogP contribution in [0.15, 0.2) is 0 Å². The van der Waals surface area contributed by atoms with Crippen LogP contribution in [0.25, 0.3) is 0 Å². The summed E-state index contributed by atoms with van der Waals surface area (Å²) in [7, 11) is 0. The van der Waals surface area contributed by atoms with Gasteiger partial charge in [-0.3, -0.25) is 24.3 Å². The predicted molar refractivity (Wildman–Crippen MR) is 122 cm³/mol. The number of carboxylic acids is 1. The number of carboxylic acid groups (broad SMARTS) is 1. The van der Waals surface area contributed by atoms with Crippen molar-refractivity contribution in [3.63, 3.8) is 0 Å². The van der Waals surface area contributed by atoms with E-state index in [4.69, 9.17) is 0 Å². The summed E-state index contributed by atoms with van der Waals surface area (Å²) in [5, 5.41) is 12.6. The number of likely N-dealkylation sites (tertiary alicyclic amines) is 1. The normalized spacial score (nSPS) is 24.3. The van der Waals surface area contributed by atoms with E-state index in [1.165, 1.54) is 19.3 Å². The first-order valence-electron chi connectivity index (χ1n) is 10.3. The quantitative estimate of drug-likeness (QED) is 0.544. The number of hydrogen-bond donors (Lipinski definition) is 2. The van der Waals surface area contributed by atoms with Crippen LogP contribution in [-0.4, -0.2) is 96.1 Å². The first-order valence-corrected chi connectivity index (χ1v) is 10.3. The van der Waals surface area contributed by atoms with Crippen molar-refractivity contribution in [1.82, 2.24) is 20.0 Å². The van der Waals surface area contributed by atoms with Crippen molar-refractivity contribution in [2.45, 2.75) is 56.7 Å². The Kier molecular flexibility index (Phi) is 13.9. The first kappa shape index (κ1) is 28.9. The maximum atomic E-state index is 12.3. The van der Waals surface area contributed by atoms with Crippen LogP contribution in [0.4, 0.5) is 0 Å². The van der Waals surface area contributed by atoms with Crippen LogP contribution >= 0.6 is 37.2 Å². The molecule has 0 bridgehead atoms. The minimum atomic E-state index is -0.818. The standard InChI is InChI=1S/C19H34N4O3.3ClH/c24-16-19(7-4-18(25)26,22-10-2-1-3-11-22)23-14-12-21(13-15-23)17-5-8-20-9-6-17;;;/h16-17,20H,1-15H2,(H,25,26);3*1H. The maximum absolute atomic E-state index is 12.3. The highest BCUT2D eigenvalue weighted by Crippen LogP contribution is 2.30. The molecule has 0 aromatic heterocycles. The van der Waals surface area contributed by atoms with E-state index in [-0.39, 0.29) is 43.6 Å². The lowest BCUT2D eigenvalue weighted by atomic mass is 9.95. The molecule has 10 heteroatoms. The molecule has 7 nitrogen and oxygen atoms in total. The van der Waals surface area contributed by atoms with Crippen LogP contribution in [0.1, 0.15) is 44.9 Å². The lowest BCUT2D eigenvalue weighted by Gasteiger charge is -2.52. The minimum absolute atomic E-state index is 0. The summed E-state index contributed by atoms with van der Waals surface area (Å²) >= 11 is 0. The Morgan fingerprint density at radius 3 is 2.00 bits per heavy atom. The molecule has 0 aromatic rings. The fourth-order valence-corrected chi connectivity index (χ4v) is 4.94. The first-order chi connectivity index (χ1) is 12.7. The monoisotopic (exact) mass is 474 g/mol. The largest absolute Gasteiger partial charge is 0.481 e. The summed E-state index contributed by atoms with van der Waals surface area (Å²) in [6, 6.07) is 0.651. The number of nitrogens with zero attached hydrogens (tertiary/aromatic N) is 3. The molecule has 0 radical (unpaired) electrons. The molecule has 1 atom stereocenters. The van der Waals surface area contributed by atoms with E-state index in [2.05, 4.69) is 20.0 Å². The lowest BCUT2D eigenvalue weighted by molar-refractivity contribution is -0.147. The average Bonchev–Trinajstić information content (AvgIpc) is 2.71. The fourth-order valence-electron chi connectivity index (χ4n) is 4.94. The van der Waals surface area contributed by atoms with Gasteiger partial charge < -0.3 is 10.4 Å². The van der Waals surface area contributed by atoms with Crippen LogP contribution in [0.2, 0.25) is 0 Å². The van der Waals surface area contributed by atoms with E-state index in [0.29, 0.717) is 12.5 Å². The number of carbonyl (C=O) groups excluding carboxylic acids is 1. The minimum Gasteiger partial charge on any atom is -0.481 e. The van der Waals surface area contributed by atoms with Gasteiger partial charge in [0.05, 0.1) is 0 Å². The van der Waals surface area contributed by atoms with Crippen molar-refractivity contribution in [3.8, 4) is 0 Å². The highest BCUT2D eigenvalue weighted by atomic mass is 35.5. The number of piperidine rings is 2. The number of halogens is 3. The molecule has 0 spiro atoms. The van der Waals surface area contributed by atoms with Crippen molar-refractivity contribution in [2.24, 2.45) is 0 Å². The molecule has 3 aliphatic rings. The van der Waals surface area contributed by atoms with Crippen LogP contribution < -0.4 is 5.32 Å². The van der Waals surface area contributed by atoms with Crippen LogP contribution in [0.5, 0.6) is 0 Å². The van der Waals surface area contributed by atoms with Crippen LogP contribution in [0, 0.1) is 0 Å². The summed E-state index contributed by atoms with van der Waals surface area (Å²) in [6.07, 6.45) is 7.27. The zero-order chi connectivity index (χ0) is 18.4. The highest BCUT2D eigenvalue weighted by Gasteiger charge is 2.44. The second kappa shape index (κ2) is 14.0. The second-order valence-electron chi connectivity index (χ2n) is 7.94. The Hall–Kier alpha value is -0.150. The Morgan fingerprint density at radius 1 is 0.931 bits per heavy atom. The molecule has 3 saturated heterocycles. The molecule has 3 fully saturated rings. The predicted octanol–water partition coefficient (Wildman–Crippen LogP) is 1.87. The van der Waals surface area contributed by atoms with E-state index in [0.717, 1.165) is 71.5 Å². The Labute approximate surface area is 193 Å². The fraction of sp³-hybridized carbons (Fsp3) is 0.895. The number of nitrogens with one attached hydrogen (secondary N) is 1. The smallest absolute Gasteiger partial charge is 0.303 e. The van der Waals surface area contributed by atoms with E-state index in [9.17, 15) is 14.7 Å². The van der Waals surface area contributed by atoms with Gasteiger partial charge in [0.15, 0.2) is 6.29 Å². The molecule has 3 heterocycles. The Balaban J connectivity index is 0.00000261. The van der Waals surface area contributed by atoms with Gasteiger partial charge in [0.25, 0.3) is 0 Å². The van der Waals surface area contributed by atoms with Crippen molar-refractivity contribution >= 4 is 49.5 Å². The molecule has 0 saturated carbocycles. The summed E-state index contributed by atoms with van der Waals surface area (Å²) in [5.74, 6) is -0.818. The van der Waals surface area contributed by atoms with Gasteiger partial charge in [0, 0.05) is 51.7 Å². The van der Waals surface area contributed by atoms with Crippen molar-refractivity contribution in [1.29, 1.82) is 0 Å². The molecular formula is C19H37Cl3N4O3. The van der Waals surface area contributed by atoms with E-state index >= 15 is 0 Å². The maximum Gasteiger partial charge on any atom is 0.303 e. The van der Waals surface area contributed by atoms with Gasteiger partial charge in [-0.05, 0) is 45.2 Å². The van der Waals surface area contributed by atoms with Gasteiger partial charge >= 0.3 is 5.97 Å². The molecule has 2 N–H and O–H groups in total. The third kappa shape index (κ3) is 7.20. The SMILES string of the molecule is Cl.Cl.Cl.O=CC(CCC(=O)O)(N1CCCCC1)N1CCN(C2CCNCC2)CC1. The third-order valence-corrected chi connectivity index (χ3v) is 6.49. The van der Waals surface area contributed by atoms with Crippen LogP contribution in [0.3, 0.4) is 0 Å². The number of aliphatic carboxylic acids is 1. The molecule has 3 rings (SSSR count). The van der Waals surface area contributed by atoms with Gasteiger partial charge in [-0.25, -0.2) is 0 Å². The molecule has 172 valence electrons. The van der Waals surface area contributed by atoms with E-state index < -0.39 is 11.6 Å². The van der Waals surface area contributed by atoms with Crippen molar-refractivity contribution in [3.05, 3.63) is 0 Å². The molecule has 29 heavy (non-hydrogen) atoms.